The molecule has 0 saturated carbocycles. The van der Waals surface area contributed by atoms with Crippen LogP contribution in [0.25, 0.3) is 11.1 Å². The molecule has 17 heavy (non-hydrogen) atoms. The second-order valence-corrected chi connectivity index (χ2v) is 4.87. The van der Waals surface area contributed by atoms with Crippen LogP contribution in [0.15, 0.2) is 40.9 Å². The lowest BCUT2D eigenvalue weighted by Gasteiger charge is -2.03. The number of benzene rings is 2. The minimum atomic E-state index is -0.311. The second kappa shape index (κ2) is 3.67. The zero-order valence-corrected chi connectivity index (χ0v) is 10.4. The van der Waals surface area contributed by atoms with Gasteiger partial charge >= 0.3 is 0 Å². The van der Waals surface area contributed by atoms with Crippen molar-refractivity contribution in [1.29, 1.82) is 0 Å². The highest BCUT2D eigenvalue weighted by Crippen LogP contribution is 2.43. The van der Waals surface area contributed by atoms with Gasteiger partial charge in [-0.15, -0.1) is 0 Å². The Morgan fingerprint density at radius 2 is 1.88 bits per heavy atom. The molecule has 1 aliphatic rings. The highest BCUT2D eigenvalue weighted by atomic mass is 79.9. The molecule has 2 aromatic rings. The van der Waals surface area contributed by atoms with Crippen LogP contribution in [-0.4, -0.2) is 4.92 Å². The summed E-state index contributed by atoms with van der Waals surface area (Å²) < 4.78 is 0.550. The number of hydrogen-bond donors (Lipinski definition) is 0. The molecule has 84 valence electrons. The Bertz CT molecular complexity index is 637. The Labute approximate surface area is 106 Å². The van der Waals surface area contributed by atoms with Crippen LogP contribution in [-0.2, 0) is 6.42 Å². The molecule has 0 N–H and O–H groups in total. The summed E-state index contributed by atoms with van der Waals surface area (Å²) >= 11 is 3.25. The van der Waals surface area contributed by atoms with Crippen molar-refractivity contribution in [2.75, 3.05) is 0 Å². The summed E-state index contributed by atoms with van der Waals surface area (Å²) in [4.78, 5) is 10.8. The average Bonchev–Trinajstić information content (AvgIpc) is 2.66. The number of halogens is 1. The lowest BCUT2D eigenvalue weighted by atomic mass is 10.1. The first-order valence-electron chi connectivity index (χ1n) is 5.22. The largest absolute Gasteiger partial charge is 0.287 e. The molecular formula is C13H8BrNO2. The molecule has 0 bridgehead atoms. The lowest BCUT2D eigenvalue weighted by molar-refractivity contribution is -0.386. The van der Waals surface area contributed by atoms with E-state index < -0.39 is 0 Å². The second-order valence-electron chi connectivity index (χ2n) is 4.01. The van der Waals surface area contributed by atoms with Crippen LogP contribution in [0.2, 0.25) is 0 Å². The molecule has 0 saturated heterocycles. The van der Waals surface area contributed by atoms with Gasteiger partial charge < -0.3 is 0 Å². The van der Waals surface area contributed by atoms with E-state index in [0.29, 0.717) is 10.9 Å². The normalized spacial score (nSPS) is 12.1. The molecule has 0 spiro atoms. The van der Waals surface area contributed by atoms with Gasteiger partial charge in [-0.1, -0.05) is 30.3 Å². The third-order valence-electron chi connectivity index (χ3n) is 3.09. The van der Waals surface area contributed by atoms with Gasteiger partial charge in [0.2, 0.25) is 0 Å². The van der Waals surface area contributed by atoms with Crippen molar-refractivity contribution in [1.82, 2.24) is 0 Å². The van der Waals surface area contributed by atoms with E-state index in [1.807, 2.05) is 30.3 Å². The molecule has 3 rings (SSSR count). The number of hydrogen-bond acceptors (Lipinski definition) is 2. The molecule has 4 heteroatoms. The van der Waals surface area contributed by atoms with E-state index in [2.05, 4.69) is 15.9 Å². The number of nitro benzene ring substituents is 1. The minimum Gasteiger partial charge on any atom is -0.258 e. The maximum Gasteiger partial charge on any atom is 0.287 e. The first-order valence-corrected chi connectivity index (χ1v) is 6.02. The van der Waals surface area contributed by atoms with Gasteiger partial charge in [-0.3, -0.25) is 10.1 Å². The van der Waals surface area contributed by atoms with Crippen LogP contribution < -0.4 is 0 Å². The fraction of sp³-hybridized carbons (Fsp3) is 0.0769. The number of fused-ring (bicyclic) bond motifs is 3. The molecule has 0 amide bonds. The van der Waals surface area contributed by atoms with Crippen molar-refractivity contribution in [3.8, 4) is 11.1 Å². The van der Waals surface area contributed by atoms with E-state index in [1.54, 1.807) is 6.07 Å². The molecule has 2 aromatic carbocycles. The summed E-state index contributed by atoms with van der Waals surface area (Å²) in [5.74, 6) is 0. The van der Waals surface area contributed by atoms with Crippen LogP contribution in [0.1, 0.15) is 11.1 Å². The van der Waals surface area contributed by atoms with Gasteiger partial charge in [0.25, 0.3) is 5.69 Å². The van der Waals surface area contributed by atoms with Crippen molar-refractivity contribution in [3.63, 3.8) is 0 Å². The maximum atomic E-state index is 11.1. The molecule has 0 radical (unpaired) electrons. The van der Waals surface area contributed by atoms with Crippen LogP contribution in [0.4, 0.5) is 5.69 Å². The summed E-state index contributed by atoms with van der Waals surface area (Å²) in [5.41, 5.74) is 4.25. The number of nitro groups is 1. The zero-order chi connectivity index (χ0) is 12.0. The Balaban J connectivity index is 2.31. The highest BCUT2D eigenvalue weighted by molar-refractivity contribution is 9.10. The van der Waals surface area contributed by atoms with Crippen molar-refractivity contribution in [2.45, 2.75) is 6.42 Å². The van der Waals surface area contributed by atoms with E-state index >= 15 is 0 Å². The van der Waals surface area contributed by atoms with Gasteiger partial charge in [-0.2, -0.15) is 0 Å². The van der Waals surface area contributed by atoms with Crippen LogP contribution in [0.3, 0.4) is 0 Å². The van der Waals surface area contributed by atoms with Gasteiger partial charge in [-0.05, 0) is 38.7 Å². The molecule has 0 aliphatic heterocycles. The molecule has 3 nitrogen and oxygen atoms in total. The van der Waals surface area contributed by atoms with Crippen LogP contribution >= 0.6 is 15.9 Å². The molecule has 0 heterocycles. The van der Waals surface area contributed by atoms with Crippen LogP contribution in [0.5, 0.6) is 0 Å². The van der Waals surface area contributed by atoms with E-state index in [-0.39, 0.29) is 10.6 Å². The molecule has 0 atom stereocenters. The third kappa shape index (κ3) is 1.48. The zero-order valence-electron chi connectivity index (χ0n) is 8.81. The Morgan fingerprint density at radius 3 is 2.65 bits per heavy atom. The molecular weight excluding hydrogens is 282 g/mol. The summed E-state index contributed by atoms with van der Waals surface area (Å²) in [6.45, 7) is 0. The number of nitrogens with zero attached hydrogens (tertiary/aromatic N) is 1. The SMILES string of the molecule is O=[N+]([O-])c1c(Br)ccc2c1Cc1ccccc1-2. The Hall–Kier alpha value is -1.68. The Morgan fingerprint density at radius 1 is 1.12 bits per heavy atom. The van der Waals surface area contributed by atoms with E-state index in [1.165, 1.54) is 0 Å². The summed E-state index contributed by atoms with van der Waals surface area (Å²) in [5, 5.41) is 11.1. The maximum absolute atomic E-state index is 11.1. The molecule has 1 aliphatic carbocycles. The average molecular weight is 290 g/mol. The van der Waals surface area contributed by atoms with Crippen molar-refractivity contribution in [3.05, 3.63) is 62.1 Å². The summed E-state index contributed by atoms with van der Waals surface area (Å²) in [7, 11) is 0. The standard InChI is InChI=1S/C13H8BrNO2/c14-12-6-5-10-9-4-2-1-3-8(9)7-11(10)13(12)15(16)17/h1-6H,7H2. The fourth-order valence-corrected chi connectivity index (χ4v) is 2.88. The summed E-state index contributed by atoms with van der Waals surface area (Å²) in [6.07, 6.45) is 0.640. The first-order chi connectivity index (χ1) is 8.18. The van der Waals surface area contributed by atoms with Crippen molar-refractivity contribution in [2.24, 2.45) is 0 Å². The quantitative estimate of drug-likeness (QED) is 0.503. The van der Waals surface area contributed by atoms with E-state index in [0.717, 1.165) is 22.3 Å². The third-order valence-corrected chi connectivity index (χ3v) is 3.73. The molecule has 0 aromatic heterocycles. The first kappa shape index (κ1) is 10.5. The monoisotopic (exact) mass is 289 g/mol. The van der Waals surface area contributed by atoms with Crippen molar-refractivity contribution >= 4 is 21.6 Å². The van der Waals surface area contributed by atoms with Gasteiger partial charge in [0.05, 0.1) is 9.40 Å². The molecule has 0 unspecified atom stereocenters. The summed E-state index contributed by atoms with van der Waals surface area (Å²) in [6, 6.07) is 11.6. The minimum absolute atomic E-state index is 0.193. The fourth-order valence-electron chi connectivity index (χ4n) is 2.36. The smallest absolute Gasteiger partial charge is 0.258 e. The topological polar surface area (TPSA) is 43.1 Å². The lowest BCUT2D eigenvalue weighted by Crippen LogP contribution is -1.95. The van der Waals surface area contributed by atoms with E-state index in [4.69, 9.17) is 0 Å². The number of rotatable bonds is 1. The Kier molecular flexibility index (Phi) is 2.26. The predicted octanol–water partition coefficient (Wildman–Crippen LogP) is 3.93. The van der Waals surface area contributed by atoms with Crippen molar-refractivity contribution < 1.29 is 4.92 Å². The van der Waals surface area contributed by atoms with Crippen LogP contribution in [0, 0.1) is 10.1 Å². The van der Waals surface area contributed by atoms with Gasteiger partial charge in [0.15, 0.2) is 0 Å². The van der Waals surface area contributed by atoms with Gasteiger partial charge in [0, 0.05) is 12.0 Å². The highest BCUT2D eigenvalue weighted by Gasteiger charge is 2.28. The predicted molar refractivity (Wildman–Crippen MR) is 69.0 cm³/mol. The molecule has 0 fully saturated rings. The van der Waals surface area contributed by atoms with E-state index in [9.17, 15) is 10.1 Å². The van der Waals surface area contributed by atoms with Gasteiger partial charge in [0.1, 0.15) is 0 Å². The van der Waals surface area contributed by atoms with Gasteiger partial charge in [-0.25, -0.2) is 0 Å².